The SMILES string of the molecule is CC(C)[C@@H]1CC[C@@H](C)C[C@H]1OC(=O)N1C[C@]2(C)C[C@@](C)(C[C@](C)(c3nc4cc5ccccc5cc4o3)C2)C1=O. The number of carbonyl (C=O) groups is 2. The molecule has 2 bridgehead atoms. The third kappa shape index (κ3) is 4.54. The molecule has 3 aliphatic rings. The normalized spacial score (nSPS) is 35.1. The summed E-state index contributed by atoms with van der Waals surface area (Å²) in [6.07, 6.45) is 4.63. The maximum atomic E-state index is 14.0. The van der Waals surface area contributed by atoms with Gasteiger partial charge in [0.25, 0.3) is 0 Å². The second kappa shape index (κ2) is 9.07. The Kier molecular flexibility index (Phi) is 6.13. The molecule has 208 valence electrons. The van der Waals surface area contributed by atoms with Gasteiger partial charge in [-0.3, -0.25) is 4.79 Å². The molecule has 0 unspecified atom stereocenters. The summed E-state index contributed by atoms with van der Waals surface area (Å²) in [6.45, 7) is 13.4. The van der Waals surface area contributed by atoms with Crippen LogP contribution in [0.3, 0.4) is 0 Å². The Morgan fingerprint density at radius 1 is 1.05 bits per heavy atom. The molecule has 3 fully saturated rings. The summed E-state index contributed by atoms with van der Waals surface area (Å²) in [5.74, 6) is 1.87. The first-order chi connectivity index (χ1) is 18.4. The first-order valence-corrected chi connectivity index (χ1v) is 14.7. The van der Waals surface area contributed by atoms with Crippen LogP contribution in [-0.2, 0) is 14.9 Å². The Balaban J connectivity index is 1.27. The summed E-state index contributed by atoms with van der Waals surface area (Å²) in [4.78, 5) is 34.0. The van der Waals surface area contributed by atoms with Crippen LogP contribution in [0.2, 0.25) is 0 Å². The van der Waals surface area contributed by atoms with Gasteiger partial charge in [-0.25, -0.2) is 14.7 Å². The quantitative estimate of drug-likeness (QED) is 0.344. The molecule has 2 aromatic carbocycles. The number of aromatic nitrogens is 1. The second-order valence-corrected chi connectivity index (χ2v) is 14.3. The lowest BCUT2D eigenvalue weighted by molar-refractivity contribution is -0.159. The highest BCUT2D eigenvalue weighted by Gasteiger charge is 2.60. The molecule has 1 aliphatic heterocycles. The van der Waals surface area contributed by atoms with Crippen LogP contribution in [0.15, 0.2) is 40.8 Å². The lowest BCUT2D eigenvalue weighted by atomic mass is 9.52. The number of fused-ring (bicyclic) bond motifs is 4. The molecular formula is C33H42N2O4. The van der Waals surface area contributed by atoms with Crippen molar-refractivity contribution >= 4 is 33.9 Å². The average molecular weight is 531 g/mol. The maximum Gasteiger partial charge on any atom is 0.416 e. The van der Waals surface area contributed by atoms with Crippen molar-refractivity contribution in [2.45, 2.75) is 91.6 Å². The monoisotopic (exact) mass is 530 g/mol. The van der Waals surface area contributed by atoms with Gasteiger partial charge in [0.05, 0.1) is 0 Å². The van der Waals surface area contributed by atoms with E-state index in [1.54, 1.807) is 0 Å². The molecule has 0 N–H and O–H groups in total. The molecule has 2 aliphatic carbocycles. The predicted molar refractivity (Wildman–Crippen MR) is 152 cm³/mol. The van der Waals surface area contributed by atoms with E-state index in [4.69, 9.17) is 14.1 Å². The number of benzene rings is 2. The second-order valence-electron chi connectivity index (χ2n) is 14.3. The predicted octanol–water partition coefficient (Wildman–Crippen LogP) is 7.87. The van der Waals surface area contributed by atoms with Gasteiger partial charge in [0, 0.05) is 17.4 Å². The minimum absolute atomic E-state index is 0.122. The van der Waals surface area contributed by atoms with E-state index >= 15 is 0 Å². The van der Waals surface area contributed by atoms with E-state index in [0.717, 1.165) is 47.6 Å². The van der Waals surface area contributed by atoms with Crippen molar-refractivity contribution in [3.05, 3.63) is 42.3 Å². The molecule has 6 rings (SSSR count). The smallest absolute Gasteiger partial charge is 0.416 e. The maximum absolute atomic E-state index is 14.0. The van der Waals surface area contributed by atoms with Crippen molar-refractivity contribution < 1.29 is 18.7 Å². The molecule has 6 nitrogen and oxygen atoms in total. The van der Waals surface area contributed by atoms with E-state index < -0.39 is 16.9 Å². The number of piperidine rings is 1. The topological polar surface area (TPSA) is 72.6 Å². The zero-order valence-corrected chi connectivity index (χ0v) is 24.3. The fourth-order valence-corrected chi connectivity index (χ4v) is 8.59. The average Bonchev–Trinajstić information content (AvgIpc) is 3.28. The van der Waals surface area contributed by atoms with Gasteiger partial charge in [-0.1, -0.05) is 72.2 Å². The van der Waals surface area contributed by atoms with Crippen LogP contribution in [0.5, 0.6) is 0 Å². The molecule has 6 heteroatoms. The lowest BCUT2D eigenvalue weighted by Gasteiger charge is -2.56. The van der Waals surface area contributed by atoms with E-state index in [1.807, 2.05) is 19.1 Å². The zero-order valence-electron chi connectivity index (χ0n) is 24.3. The van der Waals surface area contributed by atoms with Gasteiger partial charge in [0.2, 0.25) is 11.8 Å². The van der Waals surface area contributed by atoms with Crippen LogP contribution in [-0.4, -0.2) is 34.5 Å². The molecule has 2 amide bonds. The Morgan fingerprint density at radius 3 is 2.46 bits per heavy atom. The first kappa shape index (κ1) is 26.3. The van der Waals surface area contributed by atoms with Crippen molar-refractivity contribution in [1.82, 2.24) is 9.88 Å². The van der Waals surface area contributed by atoms with Gasteiger partial charge in [0.1, 0.15) is 11.6 Å². The van der Waals surface area contributed by atoms with Gasteiger partial charge < -0.3 is 9.15 Å². The number of amides is 2. The largest absolute Gasteiger partial charge is 0.445 e. The molecular weight excluding hydrogens is 488 g/mol. The van der Waals surface area contributed by atoms with Gasteiger partial charge >= 0.3 is 6.09 Å². The third-order valence-electron chi connectivity index (χ3n) is 9.92. The zero-order chi connectivity index (χ0) is 27.7. The van der Waals surface area contributed by atoms with Crippen LogP contribution in [0.4, 0.5) is 4.79 Å². The highest BCUT2D eigenvalue weighted by Crippen LogP contribution is 2.58. The Morgan fingerprint density at radius 2 is 1.74 bits per heavy atom. The number of nitrogens with zero attached hydrogens (tertiary/aromatic N) is 2. The molecule has 1 aromatic heterocycles. The molecule has 1 saturated heterocycles. The van der Waals surface area contributed by atoms with Crippen molar-refractivity contribution in [3.63, 3.8) is 0 Å². The molecule has 0 radical (unpaired) electrons. The Labute approximate surface area is 231 Å². The summed E-state index contributed by atoms with van der Waals surface area (Å²) in [5.41, 5.74) is 0.252. The van der Waals surface area contributed by atoms with Crippen LogP contribution < -0.4 is 0 Å². The third-order valence-corrected chi connectivity index (χ3v) is 9.92. The Bertz CT molecular complexity index is 1390. The number of likely N-dealkylation sites (tertiary alicyclic amines) is 1. The van der Waals surface area contributed by atoms with E-state index in [1.165, 1.54) is 11.3 Å². The highest BCUT2D eigenvalue weighted by atomic mass is 16.6. The number of oxazole rings is 1. The van der Waals surface area contributed by atoms with Gasteiger partial charge in [0.15, 0.2) is 5.58 Å². The minimum Gasteiger partial charge on any atom is -0.445 e. The highest BCUT2D eigenvalue weighted by molar-refractivity contribution is 5.97. The van der Waals surface area contributed by atoms with Gasteiger partial charge in [-0.15, -0.1) is 0 Å². The number of imide groups is 1. The van der Waals surface area contributed by atoms with E-state index in [0.29, 0.717) is 36.6 Å². The summed E-state index contributed by atoms with van der Waals surface area (Å²) in [5, 5.41) is 2.25. The number of carbonyl (C=O) groups excluding carboxylic acids is 2. The summed E-state index contributed by atoms with van der Waals surface area (Å²) in [6, 6.07) is 12.3. The van der Waals surface area contributed by atoms with Crippen molar-refractivity contribution in [3.8, 4) is 0 Å². The van der Waals surface area contributed by atoms with Crippen molar-refractivity contribution in [2.24, 2.45) is 28.6 Å². The van der Waals surface area contributed by atoms with Gasteiger partial charge in [-0.2, -0.15) is 0 Å². The standard InChI is InChI=1S/C33H42N2O4/c1-20(2)24-12-11-21(3)13-26(24)39-30(37)35-19-31(4)16-32(5,18-33(6,17-31)29(35)36)28-34-25-14-22-9-7-8-10-23(22)15-27(25)38-28/h7-10,14-15,20-21,24,26H,11-13,16-19H2,1-6H3/t21-,24+,26-,31+,32-,33+/m1/s1. The number of rotatable bonds is 3. The molecule has 39 heavy (non-hydrogen) atoms. The number of hydrogen-bond donors (Lipinski definition) is 0. The first-order valence-electron chi connectivity index (χ1n) is 14.7. The van der Waals surface area contributed by atoms with E-state index in [2.05, 4.69) is 58.9 Å². The summed E-state index contributed by atoms with van der Waals surface area (Å²) in [7, 11) is 0. The molecule has 3 aromatic rings. The fraction of sp³-hybridized carbons (Fsp3) is 0.606. The lowest BCUT2D eigenvalue weighted by Crippen LogP contribution is -2.62. The van der Waals surface area contributed by atoms with E-state index in [9.17, 15) is 9.59 Å². The summed E-state index contributed by atoms with van der Waals surface area (Å²) < 4.78 is 12.6. The van der Waals surface area contributed by atoms with Gasteiger partial charge in [-0.05, 0) is 78.2 Å². The van der Waals surface area contributed by atoms with Crippen LogP contribution >= 0.6 is 0 Å². The fourth-order valence-electron chi connectivity index (χ4n) is 8.59. The molecule has 2 saturated carbocycles. The molecule has 2 heterocycles. The van der Waals surface area contributed by atoms with Crippen molar-refractivity contribution in [2.75, 3.05) is 6.54 Å². The summed E-state index contributed by atoms with van der Waals surface area (Å²) >= 11 is 0. The minimum atomic E-state index is -0.693. The number of hydrogen-bond acceptors (Lipinski definition) is 5. The molecule has 0 spiro atoms. The Hall–Kier alpha value is -2.89. The van der Waals surface area contributed by atoms with Crippen LogP contribution in [0.1, 0.15) is 86.0 Å². The molecule has 6 atom stereocenters. The number of ether oxygens (including phenoxy) is 1. The van der Waals surface area contributed by atoms with E-state index in [-0.39, 0.29) is 17.4 Å². The van der Waals surface area contributed by atoms with Crippen LogP contribution in [0.25, 0.3) is 21.9 Å². The van der Waals surface area contributed by atoms with Crippen molar-refractivity contribution in [1.29, 1.82) is 0 Å². The van der Waals surface area contributed by atoms with Crippen LogP contribution in [0, 0.1) is 28.6 Å².